The van der Waals surface area contributed by atoms with Crippen LogP contribution in [0.4, 0.5) is 0 Å². The number of aryl methyl sites for hydroxylation is 1. The second-order valence-electron chi connectivity index (χ2n) is 9.38. The number of nitrogens with zero attached hydrogens (tertiary/aromatic N) is 4. The van der Waals surface area contributed by atoms with E-state index in [1.807, 2.05) is 60.7 Å². The zero-order valence-electron chi connectivity index (χ0n) is 21.2. The molecule has 1 aliphatic heterocycles. The Kier molecular flexibility index (Phi) is 6.20. The van der Waals surface area contributed by atoms with Crippen LogP contribution >= 0.6 is 0 Å². The molecule has 0 fully saturated rings. The van der Waals surface area contributed by atoms with E-state index in [0.29, 0.717) is 17.2 Å². The predicted octanol–water partition coefficient (Wildman–Crippen LogP) is 4.62. The Morgan fingerprint density at radius 1 is 0.872 bits per heavy atom. The van der Waals surface area contributed by atoms with Crippen LogP contribution in [0.15, 0.2) is 107 Å². The molecule has 39 heavy (non-hydrogen) atoms. The normalized spacial score (nSPS) is 14.9. The lowest BCUT2D eigenvalue weighted by Gasteiger charge is -2.22. The van der Waals surface area contributed by atoms with Gasteiger partial charge in [0.15, 0.2) is 12.3 Å². The molecule has 192 valence electrons. The third-order valence-corrected chi connectivity index (χ3v) is 6.91. The van der Waals surface area contributed by atoms with Crippen molar-refractivity contribution in [2.24, 2.45) is 12.1 Å². The number of benzene rings is 4. The Balaban J connectivity index is 1.28. The molecular formula is C31H24N4O4. The highest BCUT2D eigenvalue weighted by Crippen LogP contribution is 2.33. The molecule has 4 aromatic carbocycles. The van der Waals surface area contributed by atoms with Gasteiger partial charge in [-0.1, -0.05) is 84.9 Å². The fourth-order valence-corrected chi connectivity index (χ4v) is 4.93. The summed E-state index contributed by atoms with van der Waals surface area (Å²) in [4.78, 5) is 38.8. The SMILES string of the molecule is Cn1nc(C(=O)OCC(=O)N2N=C(c3ccc4ccccc4c3)C[C@@H]2c2ccccc2)c2ccccc2c1=O. The molecule has 0 N–H and O–H groups in total. The summed E-state index contributed by atoms with van der Waals surface area (Å²) < 4.78 is 6.50. The van der Waals surface area contributed by atoms with Crippen molar-refractivity contribution in [2.45, 2.75) is 12.5 Å². The quantitative estimate of drug-likeness (QED) is 0.318. The molecule has 1 amide bonds. The van der Waals surface area contributed by atoms with Crippen LogP contribution in [-0.4, -0.2) is 39.0 Å². The number of carbonyl (C=O) groups is 2. The number of fused-ring (bicyclic) bond motifs is 2. The zero-order chi connectivity index (χ0) is 26.9. The molecule has 1 aromatic heterocycles. The van der Waals surface area contributed by atoms with E-state index >= 15 is 0 Å². The molecule has 0 spiro atoms. The number of esters is 1. The third kappa shape index (κ3) is 4.57. The van der Waals surface area contributed by atoms with E-state index in [4.69, 9.17) is 9.84 Å². The van der Waals surface area contributed by atoms with Crippen LogP contribution in [0.25, 0.3) is 21.5 Å². The molecule has 1 atom stereocenters. The Bertz CT molecular complexity index is 1830. The molecule has 0 unspecified atom stereocenters. The first-order valence-corrected chi connectivity index (χ1v) is 12.6. The Hall–Kier alpha value is -5.11. The lowest BCUT2D eigenvalue weighted by atomic mass is 9.97. The standard InChI is InChI=1S/C31H24N4O4/c1-34-30(37)25-14-8-7-13-24(25)29(33-34)31(38)39-19-28(36)35-27(21-10-3-2-4-11-21)18-26(32-35)23-16-15-20-9-5-6-12-22(20)17-23/h2-17,27H,18-19H2,1H3/t27-/m1/s1. The van der Waals surface area contributed by atoms with Gasteiger partial charge in [0.05, 0.1) is 17.1 Å². The number of hydrazone groups is 1. The average Bonchev–Trinajstić information content (AvgIpc) is 3.44. The van der Waals surface area contributed by atoms with Crippen LogP contribution in [0.5, 0.6) is 0 Å². The van der Waals surface area contributed by atoms with Crippen LogP contribution in [-0.2, 0) is 16.6 Å². The lowest BCUT2D eigenvalue weighted by Crippen LogP contribution is -2.32. The Labute approximate surface area is 223 Å². The van der Waals surface area contributed by atoms with Crippen molar-refractivity contribution < 1.29 is 14.3 Å². The number of amides is 1. The average molecular weight is 517 g/mol. The van der Waals surface area contributed by atoms with Crippen molar-refractivity contribution in [2.75, 3.05) is 6.61 Å². The van der Waals surface area contributed by atoms with Gasteiger partial charge in [-0.2, -0.15) is 10.2 Å². The maximum absolute atomic E-state index is 13.4. The molecule has 0 bridgehead atoms. The van der Waals surface area contributed by atoms with Gasteiger partial charge in [0.25, 0.3) is 11.5 Å². The van der Waals surface area contributed by atoms with Crippen LogP contribution < -0.4 is 5.56 Å². The minimum atomic E-state index is -0.788. The van der Waals surface area contributed by atoms with E-state index < -0.39 is 18.5 Å². The molecule has 0 aliphatic carbocycles. The van der Waals surface area contributed by atoms with Crippen molar-refractivity contribution >= 4 is 39.1 Å². The summed E-state index contributed by atoms with van der Waals surface area (Å²) in [5, 5.41) is 13.1. The second kappa shape index (κ2) is 9.98. The fourth-order valence-electron chi connectivity index (χ4n) is 4.93. The van der Waals surface area contributed by atoms with Crippen molar-refractivity contribution in [1.29, 1.82) is 0 Å². The van der Waals surface area contributed by atoms with Gasteiger partial charge in [-0.3, -0.25) is 9.59 Å². The monoisotopic (exact) mass is 516 g/mol. The molecular weight excluding hydrogens is 492 g/mol. The Morgan fingerprint density at radius 2 is 1.56 bits per heavy atom. The molecule has 0 saturated heterocycles. The number of rotatable bonds is 5. The number of aromatic nitrogens is 2. The van der Waals surface area contributed by atoms with Gasteiger partial charge < -0.3 is 4.74 Å². The van der Waals surface area contributed by atoms with Gasteiger partial charge in [-0.15, -0.1) is 0 Å². The first-order chi connectivity index (χ1) is 19.0. The summed E-state index contributed by atoms with van der Waals surface area (Å²) in [7, 11) is 1.47. The highest BCUT2D eigenvalue weighted by molar-refractivity contribution is 6.06. The van der Waals surface area contributed by atoms with Crippen molar-refractivity contribution in [1.82, 2.24) is 14.8 Å². The summed E-state index contributed by atoms with van der Waals surface area (Å²) >= 11 is 0. The summed E-state index contributed by atoms with van der Waals surface area (Å²) in [6, 6.07) is 30.2. The van der Waals surface area contributed by atoms with E-state index in [2.05, 4.69) is 17.2 Å². The molecule has 1 aliphatic rings. The van der Waals surface area contributed by atoms with Gasteiger partial charge in [0.2, 0.25) is 0 Å². The fraction of sp³-hybridized carbons (Fsp3) is 0.129. The molecule has 0 saturated carbocycles. The number of hydrogen-bond acceptors (Lipinski definition) is 6. The summed E-state index contributed by atoms with van der Waals surface area (Å²) in [6.07, 6.45) is 0.523. The van der Waals surface area contributed by atoms with E-state index in [9.17, 15) is 14.4 Å². The van der Waals surface area contributed by atoms with E-state index in [-0.39, 0.29) is 17.3 Å². The molecule has 8 nitrogen and oxygen atoms in total. The van der Waals surface area contributed by atoms with E-state index in [1.54, 1.807) is 24.3 Å². The summed E-state index contributed by atoms with van der Waals surface area (Å²) in [6.45, 7) is -0.518. The molecule has 2 heterocycles. The van der Waals surface area contributed by atoms with Crippen molar-refractivity contribution in [3.05, 3.63) is 124 Å². The largest absolute Gasteiger partial charge is 0.451 e. The van der Waals surface area contributed by atoms with Gasteiger partial charge in [-0.25, -0.2) is 14.5 Å². The highest BCUT2D eigenvalue weighted by Gasteiger charge is 2.34. The van der Waals surface area contributed by atoms with Gasteiger partial charge in [0.1, 0.15) is 0 Å². The topological polar surface area (TPSA) is 93.9 Å². The van der Waals surface area contributed by atoms with E-state index in [1.165, 1.54) is 12.1 Å². The smallest absolute Gasteiger partial charge is 0.359 e. The second-order valence-corrected chi connectivity index (χ2v) is 9.38. The Morgan fingerprint density at radius 3 is 2.36 bits per heavy atom. The molecule has 0 radical (unpaired) electrons. The molecule has 5 aromatic rings. The van der Waals surface area contributed by atoms with Crippen LogP contribution in [0.3, 0.4) is 0 Å². The maximum Gasteiger partial charge on any atom is 0.359 e. The van der Waals surface area contributed by atoms with Crippen LogP contribution in [0.1, 0.15) is 34.1 Å². The van der Waals surface area contributed by atoms with Crippen LogP contribution in [0, 0.1) is 0 Å². The van der Waals surface area contributed by atoms with Gasteiger partial charge in [0, 0.05) is 18.9 Å². The van der Waals surface area contributed by atoms with Gasteiger partial charge in [-0.05, 0) is 34.0 Å². The van der Waals surface area contributed by atoms with E-state index in [0.717, 1.165) is 32.3 Å². The first kappa shape index (κ1) is 24.2. The van der Waals surface area contributed by atoms with Crippen LogP contribution in [0.2, 0.25) is 0 Å². The third-order valence-electron chi connectivity index (χ3n) is 6.91. The predicted molar refractivity (Wildman–Crippen MR) is 148 cm³/mol. The summed E-state index contributed by atoms with van der Waals surface area (Å²) in [5.74, 6) is -1.24. The zero-order valence-corrected chi connectivity index (χ0v) is 21.2. The van der Waals surface area contributed by atoms with Crippen molar-refractivity contribution in [3.63, 3.8) is 0 Å². The lowest BCUT2D eigenvalue weighted by molar-refractivity contribution is -0.136. The minimum absolute atomic E-state index is 0.0260. The molecule has 6 rings (SSSR count). The van der Waals surface area contributed by atoms with Crippen molar-refractivity contribution in [3.8, 4) is 0 Å². The highest BCUT2D eigenvalue weighted by atomic mass is 16.5. The summed E-state index contributed by atoms with van der Waals surface area (Å²) in [5.41, 5.74) is 2.30. The first-order valence-electron chi connectivity index (χ1n) is 12.6. The molecule has 8 heteroatoms. The minimum Gasteiger partial charge on any atom is -0.451 e. The number of hydrogen-bond donors (Lipinski definition) is 0. The maximum atomic E-state index is 13.4. The van der Waals surface area contributed by atoms with Gasteiger partial charge >= 0.3 is 5.97 Å². The number of ether oxygens (including phenoxy) is 1. The number of carbonyl (C=O) groups excluding carboxylic acids is 2.